The fourth-order valence-corrected chi connectivity index (χ4v) is 4.34. The fraction of sp³-hybridized carbons (Fsp3) is 0.0952. The molecule has 0 aliphatic carbocycles. The van der Waals surface area contributed by atoms with Crippen LogP contribution in [0.15, 0.2) is 70.7 Å². The molecule has 0 bridgehead atoms. The Kier molecular flexibility index (Phi) is 7.42. The molecule has 0 amide bonds. The molecule has 2 N–H and O–H groups in total. The molecule has 3 aromatic rings. The van der Waals surface area contributed by atoms with Crippen LogP contribution in [-0.2, 0) is 10.0 Å². The fourth-order valence-electron chi connectivity index (χ4n) is 2.80. The number of para-hydroxylation sites is 2. The van der Waals surface area contributed by atoms with Gasteiger partial charge in [0.15, 0.2) is 0 Å². The number of nitrogens with one attached hydrogen (secondary N) is 2. The second-order valence-corrected chi connectivity index (χ2v) is 9.15. The van der Waals surface area contributed by atoms with Crippen molar-refractivity contribution in [1.82, 2.24) is 0 Å². The summed E-state index contributed by atoms with van der Waals surface area (Å²) in [4.78, 5) is 10.2. The summed E-state index contributed by atoms with van der Waals surface area (Å²) in [5.74, 6) is 0.287. The highest BCUT2D eigenvalue weighted by molar-refractivity contribution is 7.93. The molecular formula is C21H18Cl2N4O5S. The van der Waals surface area contributed by atoms with Crippen molar-refractivity contribution in [3.05, 3.63) is 86.4 Å². The highest BCUT2D eigenvalue weighted by atomic mass is 35.5. The van der Waals surface area contributed by atoms with E-state index in [0.717, 1.165) is 6.07 Å². The molecule has 0 radical (unpaired) electrons. The number of nitro groups is 1. The summed E-state index contributed by atoms with van der Waals surface area (Å²) >= 11 is 12.0. The van der Waals surface area contributed by atoms with Crippen LogP contribution >= 0.6 is 23.2 Å². The maximum absolute atomic E-state index is 13.2. The van der Waals surface area contributed by atoms with Crippen molar-refractivity contribution in [2.24, 2.45) is 5.10 Å². The number of halogens is 2. The molecule has 0 unspecified atom stereocenters. The molecule has 0 atom stereocenters. The standard InChI is InChI=1S/C21H18Cl2N4O5S/c1-13(14-7-9-16(22)17(23)11-14)24-25-19-10-8-15(27(28)29)12-21(19)33(30,31)26-18-5-3-4-6-20(18)32-2/h3-12,25-26H,1-2H3/b24-13+. The van der Waals surface area contributed by atoms with Gasteiger partial charge in [-0.05, 0) is 42.8 Å². The quantitative estimate of drug-likeness (QED) is 0.233. The number of hydrazone groups is 1. The lowest BCUT2D eigenvalue weighted by Crippen LogP contribution is -2.16. The Hall–Kier alpha value is -3.34. The number of benzene rings is 3. The van der Waals surface area contributed by atoms with Gasteiger partial charge in [-0.25, -0.2) is 8.42 Å². The zero-order valence-electron chi connectivity index (χ0n) is 17.4. The van der Waals surface area contributed by atoms with Crippen LogP contribution < -0.4 is 14.9 Å². The lowest BCUT2D eigenvalue weighted by Gasteiger charge is -2.14. The number of ether oxygens (including phenoxy) is 1. The second kappa shape index (κ2) is 10.1. The van der Waals surface area contributed by atoms with E-state index < -0.39 is 20.6 Å². The molecule has 0 aliphatic rings. The monoisotopic (exact) mass is 508 g/mol. The molecule has 172 valence electrons. The summed E-state index contributed by atoms with van der Waals surface area (Å²) in [6.07, 6.45) is 0. The summed E-state index contributed by atoms with van der Waals surface area (Å²) in [5.41, 5.74) is 3.61. The summed E-state index contributed by atoms with van der Waals surface area (Å²) in [7, 11) is -2.87. The number of rotatable bonds is 8. The predicted molar refractivity (Wildman–Crippen MR) is 129 cm³/mol. The zero-order chi connectivity index (χ0) is 24.2. The molecule has 3 rings (SSSR count). The van der Waals surface area contributed by atoms with Crippen LogP contribution in [0.3, 0.4) is 0 Å². The van der Waals surface area contributed by atoms with Gasteiger partial charge in [-0.1, -0.05) is 41.4 Å². The average Bonchev–Trinajstić information content (AvgIpc) is 2.79. The Morgan fingerprint density at radius 2 is 1.76 bits per heavy atom. The molecule has 33 heavy (non-hydrogen) atoms. The number of methoxy groups -OCH3 is 1. The zero-order valence-corrected chi connectivity index (χ0v) is 19.7. The Morgan fingerprint density at radius 1 is 1.03 bits per heavy atom. The van der Waals surface area contributed by atoms with E-state index >= 15 is 0 Å². The number of sulfonamides is 1. The van der Waals surface area contributed by atoms with Crippen LogP contribution in [0.4, 0.5) is 17.1 Å². The maximum Gasteiger partial charge on any atom is 0.270 e. The molecule has 0 aliphatic heterocycles. The third-order valence-electron chi connectivity index (χ3n) is 4.50. The van der Waals surface area contributed by atoms with Crippen LogP contribution in [0.5, 0.6) is 5.75 Å². The minimum absolute atomic E-state index is 0.0300. The molecule has 9 nitrogen and oxygen atoms in total. The number of nitro benzene ring substituents is 1. The number of nitrogens with zero attached hydrogens (tertiary/aromatic N) is 2. The van der Waals surface area contributed by atoms with Gasteiger partial charge in [0.2, 0.25) is 0 Å². The first-order chi connectivity index (χ1) is 15.6. The first-order valence-corrected chi connectivity index (χ1v) is 11.6. The molecule has 0 heterocycles. The van der Waals surface area contributed by atoms with Gasteiger partial charge < -0.3 is 4.74 Å². The lowest BCUT2D eigenvalue weighted by atomic mass is 10.1. The number of non-ortho nitro benzene ring substituents is 1. The summed E-state index contributed by atoms with van der Waals surface area (Å²) in [6.45, 7) is 1.68. The van der Waals surface area contributed by atoms with E-state index in [1.165, 1.54) is 25.3 Å². The van der Waals surface area contributed by atoms with Gasteiger partial charge in [0.25, 0.3) is 15.7 Å². The van der Waals surface area contributed by atoms with E-state index in [9.17, 15) is 18.5 Å². The van der Waals surface area contributed by atoms with Crippen molar-refractivity contribution < 1.29 is 18.1 Å². The SMILES string of the molecule is COc1ccccc1NS(=O)(=O)c1cc([N+](=O)[O-])ccc1N/N=C(\C)c1ccc(Cl)c(Cl)c1. The summed E-state index contributed by atoms with van der Waals surface area (Å²) < 4.78 is 33.9. The molecule has 0 saturated heterocycles. The van der Waals surface area contributed by atoms with Crippen LogP contribution in [0.2, 0.25) is 10.0 Å². The van der Waals surface area contributed by atoms with Crippen LogP contribution in [0.1, 0.15) is 12.5 Å². The Balaban J connectivity index is 2.00. The third kappa shape index (κ3) is 5.72. The smallest absolute Gasteiger partial charge is 0.270 e. The van der Waals surface area contributed by atoms with Gasteiger partial charge in [0.05, 0.1) is 39.2 Å². The van der Waals surface area contributed by atoms with Gasteiger partial charge >= 0.3 is 0 Å². The lowest BCUT2D eigenvalue weighted by molar-refractivity contribution is -0.385. The molecule has 0 saturated carbocycles. The summed E-state index contributed by atoms with van der Waals surface area (Å²) in [6, 6.07) is 14.7. The molecule has 0 fully saturated rings. The van der Waals surface area contributed by atoms with Crippen molar-refractivity contribution in [3.63, 3.8) is 0 Å². The molecule has 0 spiro atoms. The Bertz CT molecular complexity index is 1350. The van der Waals surface area contributed by atoms with Gasteiger partial charge in [0, 0.05) is 12.1 Å². The van der Waals surface area contributed by atoms with E-state index in [-0.39, 0.29) is 22.0 Å². The summed E-state index contributed by atoms with van der Waals surface area (Å²) in [5, 5.41) is 16.2. The van der Waals surface area contributed by atoms with Crippen molar-refractivity contribution in [2.75, 3.05) is 17.3 Å². The topological polar surface area (TPSA) is 123 Å². The van der Waals surface area contributed by atoms with Gasteiger partial charge in [-0.2, -0.15) is 5.10 Å². The van der Waals surface area contributed by atoms with Crippen molar-refractivity contribution >= 4 is 56.0 Å². The largest absolute Gasteiger partial charge is 0.495 e. The van der Waals surface area contributed by atoms with Crippen LogP contribution in [-0.4, -0.2) is 26.2 Å². The van der Waals surface area contributed by atoms with Crippen molar-refractivity contribution in [2.45, 2.75) is 11.8 Å². The first kappa shape index (κ1) is 24.3. The van der Waals surface area contributed by atoms with E-state index in [1.807, 2.05) is 0 Å². The van der Waals surface area contributed by atoms with Crippen molar-refractivity contribution in [1.29, 1.82) is 0 Å². The Labute approximate surface area is 200 Å². The third-order valence-corrected chi connectivity index (χ3v) is 6.64. The van der Waals surface area contributed by atoms with Gasteiger partial charge in [-0.15, -0.1) is 0 Å². The maximum atomic E-state index is 13.2. The van der Waals surface area contributed by atoms with Gasteiger partial charge in [-0.3, -0.25) is 20.3 Å². The van der Waals surface area contributed by atoms with E-state index in [0.29, 0.717) is 21.3 Å². The minimum atomic E-state index is -4.26. The normalized spacial score (nSPS) is 11.7. The van der Waals surface area contributed by atoms with Crippen LogP contribution in [0, 0.1) is 10.1 Å². The highest BCUT2D eigenvalue weighted by Gasteiger charge is 2.24. The average molecular weight is 509 g/mol. The first-order valence-electron chi connectivity index (χ1n) is 9.32. The highest BCUT2D eigenvalue weighted by Crippen LogP contribution is 2.31. The van der Waals surface area contributed by atoms with Crippen LogP contribution in [0.25, 0.3) is 0 Å². The second-order valence-electron chi connectivity index (χ2n) is 6.68. The minimum Gasteiger partial charge on any atom is -0.495 e. The molecule has 0 aromatic heterocycles. The Morgan fingerprint density at radius 3 is 2.42 bits per heavy atom. The number of hydrogen-bond donors (Lipinski definition) is 2. The molecule has 3 aromatic carbocycles. The molecular weight excluding hydrogens is 491 g/mol. The number of anilines is 2. The van der Waals surface area contributed by atoms with E-state index in [4.69, 9.17) is 27.9 Å². The molecule has 12 heteroatoms. The number of hydrogen-bond acceptors (Lipinski definition) is 7. The van der Waals surface area contributed by atoms with E-state index in [2.05, 4.69) is 15.2 Å². The van der Waals surface area contributed by atoms with Gasteiger partial charge in [0.1, 0.15) is 10.6 Å². The van der Waals surface area contributed by atoms with E-state index in [1.54, 1.807) is 43.3 Å². The van der Waals surface area contributed by atoms with Crippen molar-refractivity contribution in [3.8, 4) is 5.75 Å². The predicted octanol–water partition coefficient (Wildman–Crippen LogP) is 5.55.